The summed E-state index contributed by atoms with van der Waals surface area (Å²) in [6, 6.07) is 11.5. The monoisotopic (exact) mass is 304 g/mol. The van der Waals surface area contributed by atoms with E-state index in [0.717, 1.165) is 11.8 Å². The number of aryl methyl sites for hydroxylation is 1. The lowest BCUT2D eigenvalue weighted by Crippen LogP contribution is -2.12. The second-order valence-electron chi connectivity index (χ2n) is 4.71. The molecule has 0 bridgehead atoms. The fourth-order valence-corrected chi connectivity index (χ4v) is 2.50. The quantitative estimate of drug-likeness (QED) is 0.670. The molecule has 0 spiro atoms. The normalized spacial score (nSPS) is 11.1. The van der Waals surface area contributed by atoms with Gasteiger partial charge >= 0.3 is 0 Å². The minimum Gasteiger partial charge on any atom is -0.456 e. The van der Waals surface area contributed by atoms with Crippen LogP contribution < -0.4 is 10.5 Å². The summed E-state index contributed by atoms with van der Waals surface area (Å²) in [5.74, 6) is 0.901. The summed E-state index contributed by atoms with van der Waals surface area (Å²) in [5, 5.41) is 7.57. The second-order valence-corrected chi connectivity index (χ2v) is 6.73. The van der Waals surface area contributed by atoms with E-state index in [1.54, 1.807) is 24.3 Å². The lowest BCUT2D eigenvalue weighted by molar-refractivity contribution is 0.477. The molecule has 0 amide bonds. The van der Waals surface area contributed by atoms with Crippen molar-refractivity contribution in [3.05, 3.63) is 53.6 Å². The first-order valence-electron chi connectivity index (χ1n) is 6.21. The molecule has 0 unspecified atom stereocenters. The highest BCUT2D eigenvalue weighted by Gasteiger charge is 2.11. The predicted molar refractivity (Wildman–Crippen MR) is 81.8 cm³/mol. The molecule has 3 N–H and O–H groups in total. The van der Waals surface area contributed by atoms with Crippen LogP contribution in [0.3, 0.4) is 0 Å². The average molecular weight is 304 g/mol. The summed E-state index contributed by atoms with van der Waals surface area (Å²) in [6.07, 6.45) is 1.15. The van der Waals surface area contributed by atoms with Gasteiger partial charge in [0.25, 0.3) is 0 Å². The van der Waals surface area contributed by atoms with Gasteiger partial charge in [-0.15, -0.1) is 0 Å². The number of amidine groups is 1. The van der Waals surface area contributed by atoms with E-state index in [2.05, 4.69) is 0 Å². The van der Waals surface area contributed by atoms with Gasteiger partial charge in [0.1, 0.15) is 17.3 Å². The number of hydrogen-bond donors (Lipinski definition) is 2. The minimum absolute atomic E-state index is 0.0820. The molecule has 0 aliphatic rings. The van der Waals surface area contributed by atoms with Gasteiger partial charge in [-0.2, -0.15) is 0 Å². The molecule has 0 atom stereocenters. The zero-order valence-corrected chi connectivity index (χ0v) is 12.6. The number of benzene rings is 2. The topological polar surface area (TPSA) is 93.2 Å². The van der Waals surface area contributed by atoms with E-state index in [-0.39, 0.29) is 10.7 Å². The van der Waals surface area contributed by atoms with Crippen LogP contribution >= 0.6 is 0 Å². The molecule has 2 aromatic carbocycles. The molecular formula is C15H16N2O3S. The Labute approximate surface area is 123 Å². The van der Waals surface area contributed by atoms with Gasteiger partial charge in [-0.25, -0.2) is 8.42 Å². The standard InChI is InChI=1S/C15H16N2O3S/c1-10-4-3-5-13(15(16)17)14(10)20-11-6-8-12(9-7-11)21(2,18)19/h3-9H,1-2H3,(H3,16,17). The Morgan fingerprint density at radius 1 is 1.14 bits per heavy atom. The molecule has 0 heterocycles. The Kier molecular flexibility index (Phi) is 3.99. The van der Waals surface area contributed by atoms with Crippen molar-refractivity contribution < 1.29 is 13.2 Å². The maximum Gasteiger partial charge on any atom is 0.175 e. The van der Waals surface area contributed by atoms with Crippen LogP contribution in [-0.2, 0) is 9.84 Å². The van der Waals surface area contributed by atoms with Crippen LogP contribution in [0.15, 0.2) is 47.4 Å². The van der Waals surface area contributed by atoms with E-state index < -0.39 is 9.84 Å². The van der Waals surface area contributed by atoms with Crippen molar-refractivity contribution in [1.29, 1.82) is 5.41 Å². The summed E-state index contributed by atoms with van der Waals surface area (Å²) < 4.78 is 28.6. The summed E-state index contributed by atoms with van der Waals surface area (Å²) in [4.78, 5) is 0.228. The summed E-state index contributed by atoms with van der Waals surface area (Å²) in [7, 11) is -3.23. The minimum atomic E-state index is -3.23. The van der Waals surface area contributed by atoms with Crippen LogP contribution in [0.2, 0.25) is 0 Å². The third kappa shape index (κ3) is 3.41. The van der Waals surface area contributed by atoms with E-state index in [1.165, 1.54) is 12.1 Å². The van der Waals surface area contributed by atoms with Crippen LogP contribution in [0.25, 0.3) is 0 Å². The highest BCUT2D eigenvalue weighted by molar-refractivity contribution is 7.90. The number of rotatable bonds is 4. The molecule has 6 heteroatoms. The maximum absolute atomic E-state index is 11.4. The highest BCUT2D eigenvalue weighted by Crippen LogP contribution is 2.29. The first-order chi connectivity index (χ1) is 9.79. The highest BCUT2D eigenvalue weighted by atomic mass is 32.2. The first kappa shape index (κ1) is 15.1. The van der Waals surface area contributed by atoms with Gasteiger partial charge in [0.2, 0.25) is 0 Å². The van der Waals surface area contributed by atoms with Crippen molar-refractivity contribution >= 4 is 15.7 Å². The van der Waals surface area contributed by atoms with Crippen molar-refractivity contribution in [3.63, 3.8) is 0 Å². The van der Waals surface area contributed by atoms with Gasteiger partial charge in [-0.3, -0.25) is 5.41 Å². The zero-order valence-electron chi connectivity index (χ0n) is 11.8. The Bertz CT molecular complexity index is 781. The number of nitrogens with two attached hydrogens (primary N) is 1. The Hall–Kier alpha value is -2.34. The van der Waals surface area contributed by atoms with Gasteiger partial charge in [0, 0.05) is 6.26 Å². The lowest BCUT2D eigenvalue weighted by Gasteiger charge is -2.13. The third-order valence-corrected chi connectivity index (χ3v) is 4.10. The number of nitrogen functional groups attached to an aromatic ring is 1. The largest absolute Gasteiger partial charge is 0.456 e. The number of hydrogen-bond acceptors (Lipinski definition) is 4. The molecule has 5 nitrogen and oxygen atoms in total. The predicted octanol–water partition coefficient (Wildman–Crippen LogP) is 2.47. The van der Waals surface area contributed by atoms with E-state index in [9.17, 15) is 8.42 Å². The number of nitrogens with one attached hydrogen (secondary N) is 1. The lowest BCUT2D eigenvalue weighted by atomic mass is 10.1. The van der Waals surface area contributed by atoms with E-state index in [1.807, 2.05) is 13.0 Å². The molecule has 0 saturated heterocycles. The van der Waals surface area contributed by atoms with Gasteiger partial charge in [0.05, 0.1) is 10.5 Å². The van der Waals surface area contributed by atoms with E-state index >= 15 is 0 Å². The molecule has 0 aliphatic carbocycles. The van der Waals surface area contributed by atoms with Crippen molar-refractivity contribution in [3.8, 4) is 11.5 Å². The molecule has 110 valence electrons. The van der Waals surface area contributed by atoms with Gasteiger partial charge < -0.3 is 10.5 Å². The molecule has 0 fully saturated rings. The van der Waals surface area contributed by atoms with E-state index in [0.29, 0.717) is 17.1 Å². The van der Waals surface area contributed by atoms with Gasteiger partial charge in [0.15, 0.2) is 9.84 Å². The van der Waals surface area contributed by atoms with Crippen LogP contribution in [0.4, 0.5) is 0 Å². The molecule has 0 saturated carbocycles. The average Bonchev–Trinajstić information content (AvgIpc) is 2.40. The summed E-state index contributed by atoms with van der Waals surface area (Å²) in [6.45, 7) is 1.85. The Morgan fingerprint density at radius 3 is 2.29 bits per heavy atom. The molecule has 2 rings (SSSR count). The summed E-state index contributed by atoms with van der Waals surface area (Å²) >= 11 is 0. The molecule has 0 radical (unpaired) electrons. The van der Waals surface area contributed by atoms with Crippen LogP contribution in [0.5, 0.6) is 11.5 Å². The number of sulfone groups is 1. The molecule has 21 heavy (non-hydrogen) atoms. The fourth-order valence-electron chi connectivity index (χ4n) is 1.87. The smallest absolute Gasteiger partial charge is 0.175 e. The van der Waals surface area contributed by atoms with Crippen LogP contribution in [-0.4, -0.2) is 20.5 Å². The first-order valence-corrected chi connectivity index (χ1v) is 8.10. The fraction of sp³-hybridized carbons (Fsp3) is 0.133. The van der Waals surface area contributed by atoms with Crippen molar-refractivity contribution in [1.82, 2.24) is 0 Å². The van der Waals surface area contributed by atoms with Gasteiger partial charge in [-0.1, -0.05) is 12.1 Å². The summed E-state index contributed by atoms with van der Waals surface area (Å²) in [5.41, 5.74) is 6.89. The molecule has 0 aromatic heterocycles. The van der Waals surface area contributed by atoms with Crippen LogP contribution in [0, 0.1) is 12.3 Å². The van der Waals surface area contributed by atoms with Gasteiger partial charge in [-0.05, 0) is 42.8 Å². The number of ether oxygens (including phenoxy) is 1. The van der Waals surface area contributed by atoms with E-state index in [4.69, 9.17) is 15.9 Å². The molecule has 2 aromatic rings. The third-order valence-electron chi connectivity index (χ3n) is 2.97. The molecule has 0 aliphatic heterocycles. The Morgan fingerprint density at radius 2 is 1.76 bits per heavy atom. The molecular weight excluding hydrogens is 288 g/mol. The maximum atomic E-state index is 11.4. The zero-order chi connectivity index (χ0) is 15.6. The van der Waals surface area contributed by atoms with Crippen molar-refractivity contribution in [2.24, 2.45) is 5.73 Å². The Balaban J connectivity index is 2.37. The van der Waals surface area contributed by atoms with Crippen molar-refractivity contribution in [2.45, 2.75) is 11.8 Å². The van der Waals surface area contributed by atoms with Crippen LogP contribution in [0.1, 0.15) is 11.1 Å². The second kappa shape index (κ2) is 5.57. The van der Waals surface area contributed by atoms with Crippen molar-refractivity contribution in [2.75, 3.05) is 6.26 Å². The number of para-hydroxylation sites is 1. The SMILES string of the molecule is Cc1cccc(C(=N)N)c1Oc1ccc(S(C)(=O)=O)cc1.